The van der Waals surface area contributed by atoms with Crippen LogP contribution in [0.5, 0.6) is 5.75 Å². The van der Waals surface area contributed by atoms with Crippen molar-refractivity contribution in [2.45, 2.75) is 90.4 Å². The highest BCUT2D eigenvalue weighted by Gasteiger charge is 2.32. The van der Waals surface area contributed by atoms with E-state index in [4.69, 9.17) is 4.74 Å². The number of hydrogen-bond donors (Lipinski definition) is 0. The van der Waals surface area contributed by atoms with Crippen LogP contribution in [0, 0.1) is 29.4 Å². The molecule has 1 nitrogen and oxygen atoms in total. The van der Waals surface area contributed by atoms with Crippen molar-refractivity contribution in [3.05, 3.63) is 41.5 Å². The van der Waals surface area contributed by atoms with E-state index in [-0.39, 0.29) is 11.7 Å². The molecule has 2 fully saturated rings. The molecule has 3 heteroatoms. The third kappa shape index (κ3) is 5.83. The van der Waals surface area contributed by atoms with Crippen LogP contribution >= 0.6 is 0 Å². The molecular weight excluding hydrogens is 366 g/mol. The van der Waals surface area contributed by atoms with Gasteiger partial charge in [-0.2, -0.15) is 4.39 Å². The topological polar surface area (TPSA) is 9.23 Å². The minimum Gasteiger partial charge on any atom is -0.490 e. The van der Waals surface area contributed by atoms with E-state index < -0.39 is 11.6 Å². The number of allylic oxidation sites excluding steroid dienone is 2. The van der Waals surface area contributed by atoms with Gasteiger partial charge in [-0.25, -0.2) is 4.39 Å². The standard InChI is InChI=1S/C26H38F2O/c1-3-5-6-7-19-8-10-20(11-9-19)21-12-14-22(15-13-21)23-16-17-24(29-18-4-2)26(28)25(23)27/h6-7,16-17,19-22H,3-5,8-15,18H2,1-2H3/b7-6+. The number of rotatable bonds is 8. The first kappa shape index (κ1) is 22.3. The molecule has 0 amide bonds. The van der Waals surface area contributed by atoms with Gasteiger partial charge < -0.3 is 4.74 Å². The molecule has 29 heavy (non-hydrogen) atoms. The summed E-state index contributed by atoms with van der Waals surface area (Å²) in [5, 5.41) is 0. The number of hydrogen-bond acceptors (Lipinski definition) is 1. The predicted molar refractivity (Wildman–Crippen MR) is 116 cm³/mol. The molecule has 0 aromatic heterocycles. The highest BCUT2D eigenvalue weighted by Crippen LogP contribution is 2.45. The van der Waals surface area contributed by atoms with Crippen LogP contribution in [-0.2, 0) is 0 Å². The molecule has 0 unspecified atom stereocenters. The van der Waals surface area contributed by atoms with E-state index in [2.05, 4.69) is 19.1 Å². The molecule has 2 saturated carbocycles. The van der Waals surface area contributed by atoms with E-state index in [1.165, 1.54) is 38.5 Å². The zero-order valence-corrected chi connectivity index (χ0v) is 18.3. The Morgan fingerprint density at radius 3 is 2.14 bits per heavy atom. The van der Waals surface area contributed by atoms with Crippen molar-refractivity contribution in [1.29, 1.82) is 0 Å². The van der Waals surface area contributed by atoms with Crippen molar-refractivity contribution in [3.63, 3.8) is 0 Å². The van der Waals surface area contributed by atoms with Gasteiger partial charge in [0.1, 0.15) is 0 Å². The maximum Gasteiger partial charge on any atom is 0.200 e. The molecule has 0 radical (unpaired) electrons. The van der Waals surface area contributed by atoms with Gasteiger partial charge in [0.15, 0.2) is 11.6 Å². The van der Waals surface area contributed by atoms with Crippen LogP contribution in [0.4, 0.5) is 8.78 Å². The fourth-order valence-electron chi connectivity index (χ4n) is 5.35. The van der Waals surface area contributed by atoms with Gasteiger partial charge in [-0.05, 0) is 99.5 Å². The fourth-order valence-corrected chi connectivity index (χ4v) is 5.35. The van der Waals surface area contributed by atoms with E-state index in [0.29, 0.717) is 12.2 Å². The van der Waals surface area contributed by atoms with Gasteiger partial charge in [-0.3, -0.25) is 0 Å². The molecule has 1 aromatic carbocycles. The molecule has 0 heterocycles. The van der Waals surface area contributed by atoms with E-state index in [1.807, 2.05) is 6.92 Å². The molecule has 0 spiro atoms. The van der Waals surface area contributed by atoms with Crippen LogP contribution in [0.15, 0.2) is 24.3 Å². The quantitative estimate of drug-likeness (QED) is 0.397. The molecule has 2 aliphatic carbocycles. The summed E-state index contributed by atoms with van der Waals surface area (Å²) in [6, 6.07) is 3.37. The third-order valence-electron chi connectivity index (χ3n) is 7.10. The van der Waals surface area contributed by atoms with Crippen molar-refractivity contribution in [2.75, 3.05) is 6.61 Å². The van der Waals surface area contributed by atoms with Gasteiger partial charge in [-0.15, -0.1) is 0 Å². The Morgan fingerprint density at radius 2 is 1.52 bits per heavy atom. The summed E-state index contributed by atoms with van der Waals surface area (Å²) in [5.41, 5.74) is 0.551. The first-order valence-corrected chi connectivity index (χ1v) is 11.9. The smallest absolute Gasteiger partial charge is 0.200 e. The van der Waals surface area contributed by atoms with E-state index >= 15 is 0 Å². The second-order valence-corrected chi connectivity index (χ2v) is 9.13. The summed E-state index contributed by atoms with van der Waals surface area (Å²) in [6.45, 7) is 4.60. The average molecular weight is 405 g/mol. The molecule has 0 atom stereocenters. The average Bonchev–Trinajstić information content (AvgIpc) is 2.76. The van der Waals surface area contributed by atoms with Crippen molar-refractivity contribution < 1.29 is 13.5 Å². The first-order chi connectivity index (χ1) is 14.1. The third-order valence-corrected chi connectivity index (χ3v) is 7.10. The molecule has 0 saturated heterocycles. The Balaban J connectivity index is 1.50. The zero-order valence-electron chi connectivity index (χ0n) is 18.3. The van der Waals surface area contributed by atoms with E-state index in [9.17, 15) is 8.78 Å². The van der Waals surface area contributed by atoms with Crippen molar-refractivity contribution in [3.8, 4) is 5.75 Å². The Hall–Kier alpha value is -1.38. The first-order valence-electron chi connectivity index (χ1n) is 11.9. The van der Waals surface area contributed by atoms with Gasteiger partial charge in [0, 0.05) is 0 Å². The van der Waals surface area contributed by atoms with Crippen molar-refractivity contribution >= 4 is 0 Å². The van der Waals surface area contributed by atoms with E-state index in [0.717, 1.165) is 49.9 Å². The number of ether oxygens (including phenoxy) is 1. The molecular formula is C26H38F2O. The molecule has 0 N–H and O–H groups in total. The van der Waals surface area contributed by atoms with Crippen molar-refractivity contribution in [2.24, 2.45) is 17.8 Å². The highest BCUT2D eigenvalue weighted by atomic mass is 19.2. The number of unbranched alkanes of at least 4 members (excludes halogenated alkanes) is 1. The Bertz CT molecular complexity index is 653. The summed E-state index contributed by atoms with van der Waals surface area (Å²) in [5.74, 6) is 1.07. The van der Waals surface area contributed by atoms with Gasteiger partial charge in [0.05, 0.1) is 6.61 Å². The lowest BCUT2D eigenvalue weighted by atomic mass is 9.68. The maximum atomic E-state index is 14.6. The van der Waals surface area contributed by atoms with Crippen LogP contribution < -0.4 is 4.74 Å². The number of benzene rings is 1. The van der Waals surface area contributed by atoms with Gasteiger partial charge in [0.25, 0.3) is 0 Å². The van der Waals surface area contributed by atoms with Crippen LogP contribution in [0.25, 0.3) is 0 Å². The lowest BCUT2D eigenvalue weighted by Crippen LogP contribution is -2.25. The summed E-state index contributed by atoms with van der Waals surface area (Å²) in [4.78, 5) is 0. The normalized spacial score (nSPS) is 28.0. The van der Waals surface area contributed by atoms with Gasteiger partial charge in [-0.1, -0.05) is 38.5 Å². The minimum absolute atomic E-state index is 0.0477. The molecule has 1 aromatic rings. The van der Waals surface area contributed by atoms with E-state index in [1.54, 1.807) is 12.1 Å². The highest BCUT2D eigenvalue weighted by molar-refractivity contribution is 5.33. The van der Waals surface area contributed by atoms with Crippen molar-refractivity contribution in [1.82, 2.24) is 0 Å². The second kappa shape index (κ2) is 11.1. The molecule has 0 aliphatic heterocycles. The molecule has 0 bridgehead atoms. The van der Waals surface area contributed by atoms with Gasteiger partial charge in [0.2, 0.25) is 5.82 Å². The summed E-state index contributed by atoms with van der Waals surface area (Å²) >= 11 is 0. The summed E-state index contributed by atoms with van der Waals surface area (Å²) in [6.07, 6.45) is 17.6. The van der Waals surface area contributed by atoms with Crippen LogP contribution in [0.2, 0.25) is 0 Å². The largest absolute Gasteiger partial charge is 0.490 e. The molecule has 2 aliphatic rings. The maximum absolute atomic E-state index is 14.6. The van der Waals surface area contributed by atoms with Crippen LogP contribution in [0.3, 0.4) is 0 Å². The lowest BCUT2D eigenvalue weighted by molar-refractivity contribution is 0.170. The molecule has 3 rings (SSSR count). The van der Waals surface area contributed by atoms with Crippen LogP contribution in [0.1, 0.15) is 96.0 Å². The van der Waals surface area contributed by atoms with Gasteiger partial charge >= 0.3 is 0 Å². The van der Waals surface area contributed by atoms with Crippen LogP contribution in [-0.4, -0.2) is 6.61 Å². The predicted octanol–water partition coefficient (Wildman–Crippen LogP) is 8.19. The zero-order chi connectivity index (χ0) is 20.6. The molecule has 162 valence electrons. The second-order valence-electron chi connectivity index (χ2n) is 9.13. The Morgan fingerprint density at radius 1 is 0.862 bits per heavy atom. The fraction of sp³-hybridized carbons (Fsp3) is 0.692. The summed E-state index contributed by atoms with van der Waals surface area (Å²) < 4.78 is 34.3. The lowest BCUT2D eigenvalue weighted by Gasteiger charge is -2.37. The Labute approximate surface area is 175 Å². The SMILES string of the molecule is CCC/C=C/C1CCC(C2CCC(c3ccc(OCCC)c(F)c3F)CC2)CC1. The number of halogens is 2. The Kier molecular flexibility index (Phi) is 8.56. The monoisotopic (exact) mass is 404 g/mol. The summed E-state index contributed by atoms with van der Waals surface area (Å²) in [7, 11) is 0. The minimum atomic E-state index is -0.812.